The Labute approximate surface area is 130 Å². The minimum Gasteiger partial charge on any atom is -0.481 e. The van der Waals surface area contributed by atoms with Crippen molar-refractivity contribution < 1.29 is 23.1 Å². The van der Waals surface area contributed by atoms with Gasteiger partial charge in [-0.05, 0) is 44.9 Å². The molecule has 1 aromatic carbocycles. The van der Waals surface area contributed by atoms with Gasteiger partial charge in [-0.1, -0.05) is 6.07 Å². The maximum atomic E-state index is 12.1. The number of aliphatic carboxylic acids is 1. The van der Waals surface area contributed by atoms with Crippen LogP contribution in [0.25, 0.3) is 0 Å². The maximum Gasteiger partial charge on any atom is 0.309 e. The molecule has 0 bridgehead atoms. The van der Waals surface area contributed by atoms with Crippen LogP contribution in [0.4, 0.5) is 0 Å². The van der Waals surface area contributed by atoms with E-state index in [0.717, 1.165) is 6.26 Å². The average Bonchev–Trinajstić information content (AvgIpc) is 2.37. The van der Waals surface area contributed by atoms with E-state index in [-0.39, 0.29) is 23.4 Å². The maximum absolute atomic E-state index is 12.1. The lowest BCUT2D eigenvalue weighted by Gasteiger charge is -2.19. The number of aryl methyl sites for hydroxylation is 1. The molecule has 0 fully saturated rings. The quantitative estimate of drug-likeness (QED) is 0.827. The molecule has 6 nitrogen and oxygen atoms in total. The first-order valence-corrected chi connectivity index (χ1v) is 8.66. The Bertz CT molecular complexity index is 692. The Balaban J connectivity index is 2.85. The average molecular weight is 327 g/mol. The molecule has 0 aliphatic heterocycles. The standard InChI is InChI=1S/C15H21NO5S/c1-10-5-6-11(22(4,20)21)9-12(10)13(17)16-8-7-15(2,3)14(18)19/h5-6,9H,7-8H2,1-4H3,(H,16,17)(H,18,19). The number of amides is 1. The third-order valence-electron chi connectivity index (χ3n) is 3.50. The van der Waals surface area contributed by atoms with Gasteiger partial charge in [0.15, 0.2) is 9.84 Å². The van der Waals surface area contributed by atoms with Crippen molar-refractivity contribution in [1.29, 1.82) is 0 Å². The van der Waals surface area contributed by atoms with Crippen LogP contribution >= 0.6 is 0 Å². The molecule has 0 saturated carbocycles. The molecule has 2 N–H and O–H groups in total. The highest BCUT2D eigenvalue weighted by Gasteiger charge is 2.26. The molecule has 0 aliphatic rings. The summed E-state index contributed by atoms with van der Waals surface area (Å²) in [6.07, 6.45) is 1.35. The topological polar surface area (TPSA) is 101 Å². The van der Waals surface area contributed by atoms with Gasteiger partial charge in [0.2, 0.25) is 0 Å². The summed E-state index contributed by atoms with van der Waals surface area (Å²) in [5, 5.41) is 11.6. The van der Waals surface area contributed by atoms with Crippen molar-refractivity contribution >= 4 is 21.7 Å². The number of hydrogen-bond donors (Lipinski definition) is 2. The molecule has 0 unspecified atom stereocenters. The minimum absolute atomic E-state index is 0.0779. The van der Waals surface area contributed by atoms with Crippen LogP contribution in [0.5, 0.6) is 0 Å². The molecular formula is C15H21NO5S. The normalized spacial score (nSPS) is 12.0. The van der Waals surface area contributed by atoms with Gasteiger partial charge in [-0.2, -0.15) is 0 Å². The van der Waals surface area contributed by atoms with Crippen molar-refractivity contribution in [3.8, 4) is 0 Å². The van der Waals surface area contributed by atoms with E-state index >= 15 is 0 Å². The summed E-state index contributed by atoms with van der Waals surface area (Å²) < 4.78 is 23.1. The van der Waals surface area contributed by atoms with Crippen molar-refractivity contribution in [2.45, 2.75) is 32.1 Å². The monoisotopic (exact) mass is 327 g/mol. The number of rotatable bonds is 6. The van der Waals surface area contributed by atoms with E-state index in [1.54, 1.807) is 26.8 Å². The SMILES string of the molecule is Cc1ccc(S(C)(=O)=O)cc1C(=O)NCCC(C)(C)C(=O)O. The zero-order valence-electron chi connectivity index (χ0n) is 13.1. The predicted octanol–water partition coefficient (Wildman–Crippen LogP) is 1.63. The highest BCUT2D eigenvalue weighted by Crippen LogP contribution is 2.20. The fraction of sp³-hybridized carbons (Fsp3) is 0.467. The van der Waals surface area contributed by atoms with Crippen LogP contribution in [-0.2, 0) is 14.6 Å². The lowest BCUT2D eigenvalue weighted by Crippen LogP contribution is -2.32. The molecule has 0 aromatic heterocycles. The largest absolute Gasteiger partial charge is 0.481 e. The summed E-state index contributed by atoms with van der Waals surface area (Å²) in [6, 6.07) is 4.36. The molecule has 7 heteroatoms. The molecule has 1 rings (SSSR count). The lowest BCUT2D eigenvalue weighted by molar-refractivity contribution is -0.147. The summed E-state index contributed by atoms with van der Waals surface area (Å²) in [7, 11) is -3.39. The Morgan fingerprint density at radius 2 is 1.86 bits per heavy atom. The zero-order valence-corrected chi connectivity index (χ0v) is 14.0. The van der Waals surface area contributed by atoms with Crippen molar-refractivity contribution in [3.63, 3.8) is 0 Å². The molecular weight excluding hydrogens is 306 g/mol. The molecule has 0 saturated heterocycles. The lowest BCUT2D eigenvalue weighted by atomic mass is 9.89. The number of sulfone groups is 1. The molecule has 0 heterocycles. The first kappa shape index (κ1) is 18.2. The van der Waals surface area contributed by atoms with Crippen molar-refractivity contribution in [3.05, 3.63) is 29.3 Å². The molecule has 0 atom stereocenters. The molecule has 0 spiro atoms. The van der Waals surface area contributed by atoms with Gasteiger partial charge in [-0.3, -0.25) is 9.59 Å². The van der Waals surface area contributed by atoms with Crippen LogP contribution < -0.4 is 5.32 Å². The van der Waals surface area contributed by atoms with Crippen LogP contribution in [-0.4, -0.2) is 38.2 Å². The Hall–Kier alpha value is -1.89. The van der Waals surface area contributed by atoms with Crippen LogP contribution in [0.15, 0.2) is 23.1 Å². The van der Waals surface area contributed by atoms with Gasteiger partial charge >= 0.3 is 5.97 Å². The molecule has 0 radical (unpaired) electrons. The summed E-state index contributed by atoms with van der Waals surface area (Å²) >= 11 is 0. The van der Waals surface area contributed by atoms with E-state index in [9.17, 15) is 18.0 Å². The van der Waals surface area contributed by atoms with Gasteiger partial charge in [0.25, 0.3) is 5.91 Å². The molecule has 1 amide bonds. The number of carbonyl (C=O) groups excluding carboxylic acids is 1. The predicted molar refractivity (Wildman–Crippen MR) is 82.7 cm³/mol. The molecule has 1 aromatic rings. The fourth-order valence-electron chi connectivity index (χ4n) is 1.77. The van der Waals surface area contributed by atoms with Gasteiger partial charge in [0.1, 0.15) is 0 Å². The summed E-state index contributed by atoms with van der Waals surface area (Å²) in [5.74, 6) is -1.35. The van der Waals surface area contributed by atoms with Crippen molar-refractivity contribution in [2.75, 3.05) is 12.8 Å². The van der Waals surface area contributed by atoms with E-state index in [2.05, 4.69) is 5.32 Å². The van der Waals surface area contributed by atoms with E-state index in [1.165, 1.54) is 12.1 Å². The second-order valence-electron chi connectivity index (χ2n) is 5.94. The Morgan fingerprint density at radius 1 is 1.27 bits per heavy atom. The van der Waals surface area contributed by atoms with E-state index in [4.69, 9.17) is 5.11 Å². The number of hydrogen-bond acceptors (Lipinski definition) is 4. The summed E-state index contributed by atoms with van der Waals surface area (Å²) in [6.45, 7) is 5.07. The fourth-order valence-corrected chi connectivity index (χ4v) is 2.41. The summed E-state index contributed by atoms with van der Waals surface area (Å²) in [5.41, 5.74) is -0.00448. The second-order valence-corrected chi connectivity index (χ2v) is 7.96. The second kappa shape index (κ2) is 6.48. The molecule has 122 valence electrons. The Kier molecular flexibility index (Phi) is 5.35. The van der Waals surface area contributed by atoms with Gasteiger partial charge in [0.05, 0.1) is 10.3 Å². The third kappa shape index (κ3) is 4.56. The summed E-state index contributed by atoms with van der Waals surface area (Å²) in [4.78, 5) is 23.2. The third-order valence-corrected chi connectivity index (χ3v) is 4.61. The smallest absolute Gasteiger partial charge is 0.309 e. The van der Waals surface area contributed by atoms with Gasteiger partial charge < -0.3 is 10.4 Å². The highest BCUT2D eigenvalue weighted by molar-refractivity contribution is 7.90. The zero-order chi connectivity index (χ0) is 17.1. The van der Waals surface area contributed by atoms with Crippen LogP contribution in [0, 0.1) is 12.3 Å². The van der Waals surface area contributed by atoms with Crippen molar-refractivity contribution in [2.24, 2.45) is 5.41 Å². The van der Waals surface area contributed by atoms with Crippen LogP contribution in [0.2, 0.25) is 0 Å². The van der Waals surface area contributed by atoms with Crippen LogP contribution in [0.1, 0.15) is 36.2 Å². The van der Waals surface area contributed by atoms with Crippen LogP contribution in [0.3, 0.4) is 0 Å². The Morgan fingerprint density at radius 3 is 2.36 bits per heavy atom. The number of carboxylic acids is 1. The van der Waals surface area contributed by atoms with Crippen molar-refractivity contribution in [1.82, 2.24) is 5.32 Å². The van der Waals surface area contributed by atoms with E-state index in [1.807, 2.05) is 0 Å². The number of benzene rings is 1. The van der Waals surface area contributed by atoms with E-state index in [0.29, 0.717) is 5.56 Å². The van der Waals surface area contributed by atoms with Gasteiger partial charge in [0, 0.05) is 18.4 Å². The number of carbonyl (C=O) groups is 2. The first-order chi connectivity index (χ1) is 9.95. The number of carboxylic acid groups (broad SMARTS) is 1. The van der Waals surface area contributed by atoms with E-state index < -0.39 is 27.1 Å². The van der Waals surface area contributed by atoms with Gasteiger partial charge in [-0.25, -0.2) is 8.42 Å². The molecule has 22 heavy (non-hydrogen) atoms. The highest BCUT2D eigenvalue weighted by atomic mass is 32.2. The number of nitrogens with one attached hydrogen (secondary N) is 1. The molecule has 0 aliphatic carbocycles. The first-order valence-electron chi connectivity index (χ1n) is 6.77. The van der Waals surface area contributed by atoms with Gasteiger partial charge in [-0.15, -0.1) is 0 Å². The minimum atomic E-state index is -3.39.